The monoisotopic (exact) mass is 342 g/mol. The Balaban J connectivity index is 1.54. The molecule has 4 heteroatoms. The van der Waals surface area contributed by atoms with Crippen molar-refractivity contribution in [3.8, 4) is 0 Å². The second kappa shape index (κ2) is 8.13. The summed E-state index contributed by atoms with van der Waals surface area (Å²) in [5.74, 6) is 0.836. The fourth-order valence-corrected chi connectivity index (χ4v) is 4.18. The number of rotatable bonds is 6. The first kappa shape index (κ1) is 18.1. The van der Waals surface area contributed by atoms with E-state index in [2.05, 4.69) is 24.1 Å². The van der Waals surface area contributed by atoms with Crippen LogP contribution in [0.4, 0.5) is 0 Å². The fraction of sp³-hybridized carbons (Fsp3) is 0.619. The Morgan fingerprint density at radius 3 is 2.52 bits per heavy atom. The number of nitrogens with one attached hydrogen (secondary N) is 1. The zero-order chi connectivity index (χ0) is 17.8. The van der Waals surface area contributed by atoms with Crippen LogP contribution in [0.2, 0.25) is 0 Å². The summed E-state index contributed by atoms with van der Waals surface area (Å²) in [4.78, 5) is 27.2. The third-order valence-corrected chi connectivity index (χ3v) is 5.43. The summed E-state index contributed by atoms with van der Waals surface area (Å²) in [5.41, 5.74) is 1.98. The zero-order valence-corrected chi connectivity index (χ0v) is 15.5. The van der Waals surface area contributed by atoms with Crippen LogP contribution in [0.5, 0.6) is 0 Å². The summed E-state index contributed by atoms with van der Waals surface area (Å²) in [6, 6.07) is 8.59. The molecule has 0 saturated carbocycles. The van der Waals surface area contributed by atoms with E-state index >= 15 is 0 Å². The van der Waals surface area contributed by atoms with E-state index in [0.717, 1.165) is 44.3 Å². The minimum absolute atomic E-state index is 0.0738. The van der Waals surface area contributed by atoms with Crippen LogP contribution in [-0.2, 0) is 11.2 Å². The summed E-state index contributed by atoms with van der Waals surface area (Å²) >= 11 is 0. The lowest BCUT2D eigenvalue weighted by molar-refractivity contribution is -0.133. The molecule has 2 fully saturated rings. The minimum Gasteiger partial charge on any atom is -0.335 e. The maximum atomic E-state index is 12.7. The smallest absolute Gasteiger partial charge is 0.223 e. The van der Waals surface area contributed by atoms with Gasteiger partial charge in [-0.25, -0.2) is 0 Å². The summed E-state index contributed by atoms with van der Waals surface area (Å²) in [7, 11) is 0. The average Bonchev–Trinajstić information content (AvgIpc) is 2.85. The van der Waals surface area contributed by atoms with Crippen LogP contribution in [0.15, 0.2) is 24.3 Å². The molecule has 1 aromatic carbocycles. The summed E-state index contributed by atoms with van der Waals surface area (Å²) in [5, 5.41) is 3.41. The molecule has 1 N–H and O–H groups in total. The van der Waals surface area contributed by atoms with Crippen molar-refractivity contribution < 1.29 is 9.59 Å². The molecule has 0 aliphatic carbocycles. The molecule has 2 saturated heterocycles. The largest absolute Gasteiger partial charge is 0.335 e. The predicted octanol–water partition coefficient (Wildman–Crippen LogP) is 3.20. The van der Waals surface area contributed by atoms with Crippen molar-refractivity contribution in [2.24, 2.45) is 5.92 Å². The van der Waals surface area contributed by atoms with Gasteiger partial charge in [0.1, 0.15) is 0 Å². The topological polar surface area (TPSA) is 49.4 Å². The number of hydrogen-bond donors (Lipinski definition) is 1. The molecule has 1 aromatic rings. The Morgan fingerprint density at radius 2 is 1.80 bits per heavy atom. The third kappa shape index (κ3) is 4.49. The summed E-state index contributed by atoms with van der Waals surface area (Å²) < 4.78 is 0. The molecular formula is C21H30N2O2. The quantitative estimate of drug-likeness (QED) is 0.808. The number of hydrogen-bond acceptors (Lipinski definition) is 3. The SMILES string of the molecule is CC(C)Cc1ccc(C(=O)CCC(=O)N2C3CCNCC2CC3)cc1. The van der Waals surface area contributed by atoms with Gasteiger partial charge in [0.25, 0.3) is 0 Å². The molecule has 2 bridgehead atoms. The standard InChI is InChI=1S/C21H30N2O2/c1-15(2)13-16-3-5-17(6-4-16)20(24)9-10-21(25)23-18-7-8-19(23)14-22-12-11-18/h3-6,15,18-19,22H,7-14H2,1-2H3. The molecule has 25 heavy (non-hydrogen) atoms. The van der Waals surface area contributed by atoms with Gasteiger partial charge in [0.2, 0.25) is 5.91 Å². The van der Waals surface area contributed by atoms with Crippen molar-refractivity contribution in [1.29, 1.82) is 0 Å². The number of fused-ring (bicyclic) bond motifs is 2. The molecule has 0 spiro atoms. The van der Waals surface area contributed by atoms with E-state index in [0.29, 0.717) is 30.8 Å². The van der Waals surface area contributed by atoms with Crippen LogP contribution in [0.3, 0.4) is 0 Å². The van der Waals surface area contributed by atoms with Crippen LogP contribution in [-0.4, -0.2) is 41.8 Å². The summed E-state index contributed by atoms with van der Waals surface area (Å²) in [6.07, 6.45) is 4.91. The number of nitrogens with zero attached hydrogens (tertiary/aromatic N) is 1. The number of amides is 1. The molecule has 0 radical (unpaired) electrons. The van der Waals surface area contributed by atoms with Crippen LogP contribution >= 0.6 is 0 Å². The van der Waals surface area contributed by atoms with Crippen molar-refractivity contribution in [2.75, 3.05) is 13.1 Å². The van der Waals surface area contributed by atoms with Crippen molar-refractivity contribution >= 4 is 11.7 Å². The van der Waals surface area contributed by atoms with Gasteiger partial charge in [-0.3, -0.25) is 9.59 Å². The molecule has 1 amide bonds. The minimum atomic E-state index is 0.0738. The van der Waals surface area contributed by atoms with E-state index in [-0.39, 0.29) is 11.7 Å². The van der Waals surface area contributed by atoms with Gasteiger partial charge in [0.05, 0.1) is 0 Å². The molecule has 4 nitrogen and oxygen atoms in total. The average molecular weight is 342 g/mol. The van der Waals surface area contributed by atoms with Gasteiger partial charge in [-0.2, -0.15) is 0 Å². The second-order valence-corrected chi connectivity index (χ2v) is 7.90. The molecule has 2 heterocycles. The molecule has 2 unspecified atom stereocenters. The normalized spacial score (nSPS) is 22.9. The van der Waals surface area contributed by atoms with Crippen molar-refractivity contribution in [1.82, 2.24) is 10.2 Å². The van der Waals surface area contributed by atoms with E-state index in [1.807, 2.05) is 24.3 Å². The fourth-order valence-electron chi connectivity index (χ4n) is 4.18. The lowest BCUT2D eigenvalue weighted by atomic mass is 9.99. The first-order valence-electron chi connectivity index (χ1n) is 9.68. The second-order valence-electron chi connectivity index (χ2n) is 7.90. The lowest BCUT2D eigenvalue weighted by Gasteiger charge is -2.27. The van der Waals surface area contributed by atoms with Gasteiger partial charge in [0, 0.05) is 37.0 Å². The van der Waals surface area contributed by atoms with Gasteiger partial charge < -0.3 is 10.2 Å². The van der Waals surface area contributed by atoms with Crippen LogP contribution in [0, 0.1) is 5.92 Å². The molecule has 3 rings (SSSR count). The van der Waals surface area contributed by atoms with Crippen molar-refractivity contribution in [3.05, 3.63) is 35.4 Å². The molecular weight excluding hydrogens is 312 g/mol. The maximum absolute atomic E-state index is 12.7. The van der Waals surface area contributed by atoms with Crippen LogP contribution < -0.4 is 5.32 Å². The Kier molecular flexibility index (Phi) is 5.89. The molecule has 2 aliphatic heterocycles. The van der Waals surface area contributed by atoms with Crippen molar-refractivity contribution in [3.63, 3.8) is 0 Å². The Morgan fingerprint density at radius 1 is 1.08 bits per heavy atom. The molecule has 2 aliphatic rings. The highest BCUT2D eigenvalue weighted by Gasteiger charge is 2.37. The Bertz CT molecular complexity index is 595. The zero-order valence-electron chi connectivity index (χ0n) is 15.5. The van der Waals surface area contributed by atoms with E-state index in [4.69, 9.17) is 0 Å². The van der Waals surface area contributed by atoms with E-state index in [9.17, 15) is 9.59 Å². The highest BCUT2D eigenvalue weighted by molar-refractivity contribution is 5.98. The summed E-state index contributed by atoms with van der Waals surface area (Å²) in [6.45, 7) is 6.27. The van der Waals surface area contributed by atoms with E-state index in [1.54, 1.807) is 0 Å². The highest BCUT2D eigenvalue weighted by atomic mass is 16.2. The number of ketones is 1. The first-order chi connectivity index (χ1) is 12.0. The predicted molar refractivity (Wildman–Crippen MR) is 99.7 cm³/mol. The maximum Gasteiger partial charge on any atom is 0.223 e. The van der Waals surface area contributed by atoms with E-state index in [1.165, 1.54) is 5.56 Å². The number of carbonyl (C=O) groups excluding carboxylic acids is 2. The van der Waals surface area contributed by atoms with E-state index < -0.39 is 0 Å². The Labute approximate surface area is 151 Å². The highest BCUT2D eigenvalue weighted by Crippen LogP contribution is 2.28. The number of carbonyl (C=O) groups is 2. The van der Waals surface area contributed by atoms with Crippen molar-refractivity contribution in [2.45, 2.75) is 64.5 Å². The lowest BCUT2D eigenvalue weighted by Crippen LogP contribution is -2.42. The third-order valence-electron chi connectivity index (χ3n) is 5.43. The van der Waals surface area contributed by atoms with Gasteiger partial charge in [0.15, 0.2) is 5.78 Å². The Hall–Kier alpha value is -1.68. The van der Waals surface area contributed by atoms with Gasteiger partial charge in [-0.05, 0) is 43.7 Å². The number of Topliss-reactive ketones (excluding diaryl/α,β-unsaturated/α-hetero) is 1. The van der Waals surface area contributed by atoms with Crippen LogP contribution in [0.1, 0.15) is 61.9 Å². The van der Waals surface area contributed by atoms with Gasteiger partial charge in [-0.1, -0.05) is 38.1 Å². The number of benzene rings is 1. The molecule has 136 valence electrons. The first-order valence-corrected chi connectivity index (χ1v) is 9.68. The molecule has 0 aromatic heterocycles. The van der Waals surface area contributed by atoms with Gasteiger partial charge >= 0.3 is 0 Å². The molecule has 2 atom stereocenters. The van der Waals surface area contributed by atoms with Crippen LogP contribution in [0.25, 0.3) is 0 Å². The van der Waals surface area contributed by atoms with Gasteiger partial charge in [-0.15, -0.1) is 0 Å².